The van der Waals surface area contributed by atoms with Crippen molar-refractivity contribution in [1.82, 2.24) is 5.32 Å². The van der Waals surface area contributed by atoms with Crippen LogP contribution in [0.5, 0.6) is 0 Å². The number of rotatable bonds is 9. The molecule has 0 aliphatic rings. The van der Waals surface area contributed by atoms with Gasteiger partial charge in [-0.05, 0) is 41.5 Å². The van der Waals surface area contributed by atoms with Crippen molar-refractivity contribution in [3.05, 3.63) is 59.1 Å². The van der Waals surface area contributed by atoms with Gasteiger partial charge in [0.1, 0.15) is 6.04 Å². The topological polar surface area (TPSA) is 84.9 Å². The van der Waals surface area contributed by atoms with Crippen LogP contribution in [0.1, 0.15) is 26.3 Å². The number of halogens is 1. The number of hydrogen-bond acceptors (Lipinski definition) is 5. The van der Waals surface area contributed by atoms with Crippen molar-refractivity contribution in [2.24, 2.45) is 5.92 Å². The van der Waals surface area contributed by atoms with Crippen molar-refractivity contribution in [2.45, 2.75) is 33.2 Å². The molecule has 6 nitrogen and oxygen atoms in total. The minimum atomic E-state index is -0.744. The van der Waals surface area contributed by atoms with Crippen LogP contribution in [0.25, 0.3) is 0 Å². The van der Waals surface area contributed by atoms with Crippen LogP contribution in [0.4, 0.5) is 4.79 Å². The molecule has 0 aliphatic heterocycles. The zero-order valence-corrected chi connectivity index (χ0v) is 18.2. The van der Waals surface area contributed by atoms with Crippen molar-refractivity contribution in [3.63, 3.8) is 0 Å². The van der Waals surface area contributed by atoms with E-state index in [-0.39, 0.29) is 19.1 Å². The number of benzene rings is 2. The zero-order valence-electron chi connectivity index (χ0n) is 17.4. The second-order valence-electron chi connectivity index (χ2n) is 7.20. The maximum Gasteiger partial charge on any atom is 0.407 e. The smallest absolute Gasteiger partial charge is 0.407 e. The van der Waals surface area contributed by atoms with Gasteiger partial charge in [-0.3, -0.25) is 0 Å². The molecule has 1 amide bonds. The van der Waals surface area contributed by atoms with E-state index >= 15 is 0 Å². The van der Waals surface area contributed by atoms with Crippen LogP contribution in [0.2, 0.25) is 5.02 Å². The summed E-state index contributed by atoms with van der Waals surface area (Å²) in [5.41, 5.74) is 2.48. The summed E-state index contributed by atoms with van der Waals surface area (Å²) in [6.45, 7) is 5.03. The van der Waals surface area contributed by atoms with Crippen molar-refractivity contribution in [3.8, 4) is 0 Å². The first-order valence-corrected chi connectivity index (χ1v) is 10.3. The van der Waals surface area contributed by atoms with Crippen molar-refractivity contribution >= 4 is 41.5 Å². The van der Waals surface area contributed by atoms with Gasteiger partial charge in [0.25, 0.3) is 0 Å². The normalized spacial score (nSPS) is 11.7. The number of esters is 1. The Morgan fingerprint density at radius 3 is 2.13 bits per heavy atom. The van der Waals surface area contributed by atoms with E-state index in [1.807, 2.05) is 38.1 Å². The molecule has 0 heterocycles. The molecule has 0 aliphatic carbocycles. The lowest BCUT2D eigenvalue weighted by Crippen LogP contribution is -2.45. The van der Waals surface area contributed by atoms with E-state index in [0.717, 1.165) is 16.5 Å². The molecular weight excluding hydrogens is 405 g/mol. The number of hydrogen-bond donors (Lipinski definition) is 2. The number of carbonyl (C=O) groups excluding carboxylic acids is 2. The fourth-order valence-corrected chi connectivity index (χ4v) is 2.99. The highest BCUT2D eigenvalue weighted by Gasteiger charge is 2.26. The number of carbonyl (C=O) groups is 2. The van der Waals surface area contributed by atoms with E-state index in [9.17, 15) is 14.6 Å². The summed E-state index contributed by atoms with van der Waals surface area (Å²) < 4.78 is 10.2. The van der Waals surface area contributed by atoms with Crippen LogP contribution in [0.3, 0.4) is 0 Å². The van der Waals surface area contributed by atoms with E-state index < -0.39 is 25.0 Å². The van der Waals surface area contributed by atoms with Crippen molar-refractivity contribution in [1.29, 1.82) is 0 Å². The van der Waals surface area contributed by atoms with Crippen LogP contribution in [-0.2, 0) is 20.7 Å². The Kier molecular flexibility index (Phi) is 9.21. The molecule has 160 valence electrons. The Morgan fingerprint density at radius 1 is 1.03 bits per heavy atom. The van der Waals surface area contributed by atoms with E-state index in [1.54, 1.807) is 31.2 Å². The lowest BCUT2D eigenvalue weighted by molar-refractivity contribution is -0.146. The molecule has 1 atom stereocenters. The Hall–Kier alpha value is -2.51. The van der Waals surface area contributed by atoms with Crippen molar-refractivity contribution < 1.29 is 24.1 Å². The third-order valence-electron chi connectivity index (χ3n) is 4.59. The number of amides is 1. The van der Waals surface area contributed by atoms with Gasteiger partial charge in [-0.15, -0.1) is 0 Å². The third kappa shape index (κ3) is 7.08. The molecule has 30 heavy (non-hydrogen) atoms. The molecule has 2 rings (SSSR count). The first-order valence-electron chi connectivity index (χ1n) is 9.94. The van der Waals surface area contributed by atoms with E-state index in [0.29, 0.717) is 11.4 Å². The fourth-order valence-electron chi connectivity index (χ4n) is 2.86. The van der Waals surface area contributed by atoms with Gasteiger partial charge in [-0.1, -0.05) is 61.8 Å². The average molecular weight is 432 g/mol. The first-order chi connectivity index (χ1) is 14.3. The van der Waals surface area contributed by atoms with Crippen LogP contribution >= 0.6 is 11.6 Å². The van der Waals surface area contributed by atoms with Gasteiger partial charge in [0.2, 0.25) is 0 Å². The molecule has 2 N–H and O–H groups in total. The lowest BCUT2D eigenvalue weighted by Gasteiger charge is -2.20. The Morgan fingerprint density at radius 2 is 1.60 bits per heavy atom. The minimum Gasteiger partial charge on any atom is -0.464 e. The first kappa shape index (κ1) is 23.8. The second kappa shape index (κ2) is 11.6. The SMILES string of the molecule is CCOC(=O)C(NC(=O)OCCc1ccc(B(O)c2ccc(Cl)cc2)cc1)C(C)C. The Labute approximate surface area is 182 Å². The maximum absolute atomic E-state index is 12.0. The molecule has 0 spiro atoms. The fraction of sp³-hybridized carbons (Fsp3) is 0.364. The van der Waals surface area contributed by atoms with Gasteiger partial charge in [0, 0.05) is 11.4 Å². The second-order valence-corrected chi connectivity index (χ2v) is 7.64. The molecule has 8 heteroatoms. The quantitative estimate of drug-likeness (QED) is 0.470. The summed E-state index contributed by atoms with van der Waals surface area (Å²) in [7, 11) is 0. The standard InChI is InChI=1S/C22H27BClNO5/c1-4-29-21(26)20(15(2)3)25-22(27)30-14-13-16-5-7-17(8-6-16)23(28)18-9-11-19(24)12-10-18/h5-12,15,20,28H,4,13-14H2,1-3H3,(H,25,27). The van der Waals surface area contributed by atoms with E-state index in [2.05, 4.69) is 5.32 Å². The van der Waals surface area contributed by atoms with Gasteiger partial charge < -0.3 is 19.8 Å². The molecular formula is C22H27BClNO5. The van der Waals surface area contributed by atoms with Gasteiger partial charge in [0.05, 0.1) is 13.2 Å². The average Bonchev–Trinajstić information content (AvgIpc) is 2.72. The third-order valence-corrected chi connectivity index (χ3v) is 4.84. The number of nitrogens with one attached hydrogen (secondary N) is 1. The summed E-state index contributed by atoms with van der Waals surface area (Å²) in [5, 5.41) is 13.6. The molecule has 2 aromatic rings. The highest BCUT2D eigenvalue weighted by molar-refractivity contribution is 6.78. The molecule has 0 bridgehead atoms. The monoisotopic (exact) mass is 431 g/mol. The van der Waals surface area contributed by atoms with Crippen LogP contribution < -0.4 is 16.2 Å². The number of alkyl carbamates (subject to hydrolysis) is 1. The van der Waals surface area contributed by atoms with Gasteiger partial charge in [-0.2, -0.15) is 0 Å². The summed E-state index contributed by atoms with van der Waals surface area (Å²) in [4.78, 5) is 23.9. The maximum atomic E-state index is 12.0. The lowest BCUT2D eigenvalue weighted by atomic mass is 9.56. The predicted molar refractivity (Wildman–Crippen MR) is 119 cm³/mol. The molecule has 0 aromatic heterocycles. The van der Waals surface area contributed by atoms with Crippen molar-refractivity contribution in [2.75, 3.05) is 13.2 Å². The molecule has 0 saturated heterocycles. The van der Waals surface area contributed by atoms with E-state index in [1.165, 1.54) is 0 Å². The summed E-state index contributed by atoms with van der Waals surface area (Å²) in [6, 6.07) is 13.7. The molecule has 1 unspecified atom stereocenters. The number of ether oxygens (including phenoxy) is 2. The van der Waals surface area contributed by atoms with Gasteiger partial charge >= 0.3 is 19.0 Å². The molecule has 0 radical (unpaired) electrons. The van der Waals surface area contributed by atoms with Gasteiger partial charge in [-0.25, -0.2) is 9.59 Å². The zero-order chi connectivity index (χ0) is 22.1. The summed E-state index contributed by atoms with van der Waals surface area (Å²) >= 11 is 5.88. The highest BCUT2D eigenvalue weighted by atomic mass is 35.5. The highest BCUT2D eigenvalue weighted by Crippen LogP contribution is 2.06. The minimum absolute atomic E-state index is 0.115. The summed E-state index contributed by atoms with van der Waals surface area (Å²) in [5.74, 6) is -0.588. The van der Waals surface area contributed by atoms with Crippen LogP contribution in [0, 0.1) is 5.92 Å². The molecule has 0 fully saturated rings. The van der Waals surface area contributed by atoms with Crippen LogP contribution in [0.15, 0.2) is 48.5 Å². The van der Waals surface area contributed by atoms with E-state index in [4.69, 9.17) is 21.1 Å². The Bertz CT molecular complexity index is 826. The van der Waals surface area contributed by atoms with Gasteiger partial charge in [0.15, 0.2) is 0 Å². The Balaban J connectivity index is 1.84. The van der Waals surface area contributed by atoms with Crippen LogP contribution in [-0.4, -0.2) is 43.3 Å². The summed E-state index contributed by atoms with van der Waals surface area (Å²) in [6.07, 6.45) is -0.146. The predicted octanol–water partition coefficient (Wildman–Crippen LogP) is 2.29. The molecule has 0 saturated carbocycles. The molecule has 2 aromatic carbocycles. The largest absolute Gasteiger partial charge is 0.464 e.